The van der Waals surface area contributed by atoms with Crippen LogP contribution in [0, 0.1) is 0 Å². The number of carbonyl (C=O) groups is 1. The van der Waals surface area contributed by atoms with Crippen LogP contribution in [0.3, 0.4) is 0 Å². The molecule has 0 amide bonds. The maximum atomic E-state index is 12.4. The zero-order valence-electron chi connectivity index (χ0n) is 9.92. The van der Waals surface area contributed by atoms with Gasteiger partial charge in [-0.3, -0.25) is 4.79 Å². The molecular formula is C13H7Cl2N3O2. The van der Waals surface area contributed by atoms with Crippen molar-refractivity contribution in [2.45, 2.75) is 0 Å². The molecule has 1 aromatic heterocycles. The predicted molar refractivity (Wildman–Crippen MR) is 75.4 cm³/mol. The van der Waals surface area contributed by atoms with Gasteiger partial charge in [-0.15, -0.1) is 5.10 Å². The van der Waals surface area contributed by atoms with Gasteiger partial charge in [-0.05, 0) is 24.3 Å². The largest absolute Gasteiger partial charge is 0.506 e. The van der Waals surface area contributed by atoms with E-state index in [2.05, 4.69) is 10.3 Å². The van der Waals surface area contributed by atoms with E-state index in [0.29, 0.717) is 11.0 Å². The number of benzene rings is 2. The first kappa shape index (κ1) is 12.9. The number of aromatic nitrogens is 3. The minimum Gasteiger partial charge on any atom is -0.506 e. The average Bonchev–Trinajstić information content (AvgIpc) is 2.86. The van der Waals surface area contributed by atoms with Crippen molar-refractivity contribution in [3.8, 4) is 5.75 Å². The number of carbonyl (C=O) groups excluding carboxylic acids is 1. The van der Waals surface area contributed by atoms with Gasteiger partial charge in [0.05, 0.1) is 16.1 Å². The number of hydrogen-bond acceptors (Lipinski definition) is 4. The maximum Gasteiger partial charge on any atom is 0.284 e. The molecule has 5 nitrogen and oxygen atoms in total. The van der Waals surface area contributed by atoms with E-state index in [-0.39, 0.29) is 21.4 Å². The first-order valence-corrected chi connectivity index (χ1v) is 6.36. The van der Waals surface area contributed by atoms with Gasteiger partial charge < -0.3 is 5.11 Å². The summed E-state index contributed by atoms with van der Waals surface area (Å²) in [5.41, 5.74) is 1.08. The highest BCUT2D eigenvalue weighted by atomic mass is 35.5. The molecule has 0 aliphatic heterocycles. The molecular weight excluding hydrogens is 301 g/mol. The van der Waals surface area contributed by atoms with Crippen LogP contribution in [-0.2, 0) is 0 Å². The highest BCUT2D eigenvalue weighted by Gasteiger charge is 2.19. The number of rotatable bonds is 1. The molecule has 0 spiro atoms. The van der Waals surface area contributed by atoms with Gasteiger partial charge >= 0.3 is 0 Å². The Morgan fingerprint density at radius 2 is 1.95 bits per heavy atom. The molecule has 100 valence electrons. The van der Waals surface area contributed by atoms with Crippen LogP contribution in [0.2, 0.25) is 10.0 Å². The van der Waals surface area contributed by atoms with Gasteiger partial charge in [0, 0.05) is 5.02 Å². The summed E-state index contributed by atoms with van der Waals surface area (Å²) >= 11 is 11.7. The van der Waals surface area contributed by atoms with Crippen LogP contribution in [0.4, 0.5) is 0 Å². The third-order valence-electron chi connectivity index (χ3n) is 2.80. The Morgan fingerprint density at radius 3 is 2.75 bits per heavy atom. The third kappa shape index (κ3) is 2.01. The molecule has 0 saturated carbocycles. The normalized spacial score (nSPS) is 10.9. The predicted octanol–water partition coefficient (Wildman–Crippen LogP) is 3.13. The van der Waals surface area contributed by atoms with Crippen molar-refractivity contribution in [1.29, 1.82) is 0 Å². The fraction of sp³-hybridized carbons (Fsp3) is 0. The lowest BCUT2D eigenvalue weighted by Crippen LogP contribution is -2.14. The molecule has 2 aromatic carbocycles. The number of aromatic hydroxyl groups is 1. The average molecular weight is 308 g/mol. The van der Waals surface area contributed by atoms with Crippen molar-refractivity contribution in [2.75, 3.05) is 0 Å². The van der Waals surface area contributed by atoms with Crippen LogP contribution in [0.15, 0.2) is 36.4 Å². The van der Waals surface area contributed by atoms with E-state index in [1.165, 1.54) is 12.1 Å². The van der Waals surface area contributed by atoms with Crippen LogP contribution in [-0.4, -0.2) is 26.0 Å². The molecule has 0 atom stereocenters. The van der Waals surface area contributed by atoms with Gasteiger partial charge in [0.15, 0.2) is 0 Å². The summed E-state index contributed by atoms with van der Waals surface area (Å²) < 4.78 is 1.09. The third-order valence-corrected chi connectivity index (χ3v) is 3.31. The van der Waals surface area contributed by atoms with Crippen molar-refractivity contribution < 1.29 is 9.90 Å². The van der Waals surface area contributed by atoms with Gasteiger partial charge in [-0.2, -0.15) is 4.68 Å². The highest BCUT2D eigenvalue weighted by molar-refractivity contribution is 6.36. The highest BCUT2D eigenvalue weighted by Crippen LogP contribution is 2.31. The van der Waals surface area contributed by atoms with Gasteiger partial charge in [0.2, 0.25) is 0 Å². The van der Waals surface area contributed by atoms with Crippen LogP contribution < -0.4 is 0 Å². The zero-order chi connectivity index (χ0) is 14.3. The molecule has 0 fully saturated rings. The van der Waals surface area contributed by atoms with Gasteiger partial charge in [0.25, 0.3) is 5.91 Å². The van der Waals surface area contributed by atoms with Crippen molar-refractivity contribution in [3.05, 3.63) is 52.0 Å². The molecule has 0 aliphatic carbocycles. The lowest BCUT2D eigenvalue weighted by atomic mass is 10.2. The topological polar surface area (TPSA) is 68.0 Å². The standard InChI is InChI=1S/C13H7Cl2N3O2/c14-7-5-8(12(19)9(15)6-7)13(20)18-11-4-2-1-3-10(11)16-17-18/h1-6,19H. The smallest absolute Gasteiger partial charge is 0.284 e. The van der Waals surface area contributed by atoms with Crippen molar-refractivity contribution in [2.24, 2.45) is 0 Å². The Hall–Kier alpha value is -2.11. The quantitative estimate of drug-likeness (QED) is 0.750. The second-order valence-corrected chi connectivity index (χ2v) is 4.92. The van der Waals surface area contributed by atoms with E-state index in [1.807, 2.05) is 0 Å². The maximum absolute atomic E-state index is 12.4. The summed E-state index contributed by atoms with van der Waals surface area (Å²) in [6.45, 7) is 0. The summed E-state index contributed by atoms with van der Waals surface area (Å²) in [6.07, 6.45) is 0. The van der Waals surface area contributed by atoms with Crippen LogP contribution in [0.1, 0.15) is 10.4 Å². The molecule has 0 aliphatic rings. The zero-order valence-corrected chi connectivity index (χ0v) is 11.4. The molecule has 3 rings (SSSR count). The van der Waals surface area contributed by atoms with Gasteiger partial charge in [-0.1, -0.05) is 40.5 Å². The Morgan fingerprint density at radius 1 is 1.20 bits per heavy atom. The Labute approximate surface area is 123 Å². The van der Waals surface area contributed by atoms with E-state index < -0.39 is 5.91 Å². The molecule has 7 heteroatoms. The van der Waals surface area contributed by atoms with E-state index in [1.54, 1.807) is 24.3 Å². The number of halogens is 2. The van der Waals surface area contributed by atoms with Crippen LogP contribution in [0.25, 0.3) is 11.0 Å². The van der Waals surface area contributed by atoms with Crippen molar-refractivity contribution in [3.63, 3.8) is 0 Å². The SMILES string of the molecule is O=C(c1cc(Cl)cc(Cl)c1O)n1nnc2ccccc21. The minimum absolute atomic E-state index is 0.00488. The lowest BCUT2D eigenvalue weighted by molar-refractivity contribution is 0.0945. The van der Waals surface area contributed by atoms with Crippen molar-refractivity contribution in [1.82, 2.24) is 15.0 Å². The Balaban J connectivity index is 2.18. The lowest BCUT2D eigenvalue weighted by Gasteiger charge is -2.06. The molecule has 0 radical (unpaired) electrons. The second kappa shape index (κ2) is 4.77. The number of para-hydroxylation sites is 1. The molecule has 1 heterocycles. The number of phenolic OH excluding ortho intramolecular Hbond substituents is 1. The summed E-state index contributed by atoms with van der Waals surface area (Å²) in [4.78, 5) is 12.4. The molecule has 3 aromatic rings. The Bertz CT molecular complexity index is 830. The fourth-order valence-electron chi connectivity index (χ4n) is 1.86. The van der Waals surface area contributed by atoms with E-state index in [0.717, 1.165) is 4.68 Å². The van der Waals surface area contributed by atoms with Crippen LogP contribution in [0.5, 0.6) is 5.75 Å². The number of phenols is 1. The van der Waals surface area contributed by atoms with Gasteiger partial charge in [0.1, 0.15) is 11.3 Å². The fourth-order valence-corrected chi connectivity index (χ4v) is 2.36. The van der Waals surface area contributed by atoms with E-state index >= 15 is 0 Å². The number of fused-ring (bicyclic) bond motifs is 1. The summed E-state index contributed by atoms with van der Waals surface area (Å²) in [6, 6.07) is 9.68. The molecule has 0 saturated heterocycles. The van der Waals surface area contributed by atoms with Gasteiger partial charge in [-0.25, -0.2) is 0 Å². The first-order valence-electron chi connectivity index (χ1n) is 5.61. The van der Waals surface area contributed by atoms with E-state index in [9.17, 15) is 9.90 Å². The number of hydrogen-bond donors (Lipinski definition) is 1. The summed E-state index contributed by atoms with van der Waals surface area (Å²) in [5.74, 6) is -0.888. The summed E-state index contributed by atoms with van der Waals surface area (Å²) in [7, 11) is 0. The second-order valence-electron chi connectivity index (χ2n) is 4.08. The van der Waals surface area contributed by atoms with Crippen molar-refractivity contribution >= 4 is 40.1 Å². The minimum atomic E-state index is -0.555. The van der Waals surface area contributed by atoms with Crippen LogP contribution >= 0.6 is 23.2 Å². The molecule has 20 heavy (non-hydrogen) atoms. The first-order chi connectivity index (χ1) is 9.58. The molecule has 0 bridgehead atoms. The monoisotopic (exact) mass is 307 g/mol. The molecule has 1 N–H and O–H groups in total. The molecule has 0 unspecified atom stereocenters. The summed E-state index contributed by atoms with van der Waals surface area (Å²) in [5, 5.41) is 17.8. The Kier molecular flexibility index (Phi) is 3.08. The van der Waals surface area contributed by atoms with E-state index in [4.69, 9.17) is 23.2 Å². The number of nitrogens with zero attached hydrogens (tertiary/aromatic N) is 3.